The molecule has 6 heteroatoms. The average Bonchev–Trinajstić information content (AvgIpc) is 2.29. The number of hydrogen-bond acceptors (Lipinski definition) is 5. The molecule has 0 aromatic carbocycles. The van der Waals surface area contributed by atoms with Crippen LogP contribution in [0.2, 0.25) is 0 Å². The van der Waals surface area contributed by atoms with Crippen molar-refractivity contribution in [2.75, 3.05) is 11.5 Å². The summed E-state index contributed by atoms with van der Waals surface area (Å²) >= 11 is 0. The molecule has 1 aliphatic rings. The highest BCUT2D eigenvalue weighted by molar-refractivity contribution is 7.91. The van der Waals surface area contributed by atoms with Crippen LogP contribution >= 0.6 is 0 Å². The van der Waals surface area contributed by atoms with Crippen LogP contribution in [0.4, 0.5) is 0 Å². The fraction of sp³-hybridized carbons (Fsp3) is 0.600. The molecule has 0 radical (unpaired) electrons. The third-order valence-corrected chi connectivity index (χ3v) is 4.44. The van der Waals surface area contributed by atoms with Crippen molar-refractivity contribution < 1.29 is 8.42 Å². The van der Waals surface area contributed by atoms with Gasteiger partial charge in [-0.15, -0.1) is 0 Å². The van der Waals surface area contributed by atoms with E-state index >= 15 is 0 Å². The Labute approximate surface area is 95.2 Å². The van der Waals surface area contributed by atoms with Gasteiger partial charge in [0.25, 0.3) is 0 Å². The molecule has 2 heterocycles. The molecule has 2 rings (SSSR count). The molecule has 0 bridgehead atoms. The molecule has 5 nitrogen and oxygen atoms in total. The van der Waals surface area contributed by atoms with Gasteiger partial charge in [-0.2, -0.15) is 0 Å². The molecule has 1 aromatic rings. The molecule has 0 spiro atoms. The molecule has 0 atom stereocenters. The SMILES string of the molecule is O=S1(=O)CCC(NCc2ncccn2)CC1. The lowest BCUT2D eigenvalue weighted by Gasteiger charge is -2.22. The lowest BCUT2D eigenvalue weighted by Crippen LogP contribution is -2.37. The van der Waals surface area contributed by atoms with E-state index in [1.165, 1.54) is 0 Å². The number of hydrogen-bond donors (Lipinski definition) is 1. The number of nitrogens with one attached hydrogen (secondary N) is 1. The Morgan fingerprint density at radius 2 is 1.88 bits per heavy atom. The molecule has 0 aliphatic carbocycles. The van der Waals surface area contributed by atoms with Gasteiger partial charge < -0.3 is 5.32 Å². The Morgan fingerprint density at radius 1 is 1.25 bits per heavy atom. The minimum atomic E-state index is -2.77. The van der Waals surface area contributed by atoms with Gasteiger partial charge in [-0.25, -0.2) is 18.4 Å². The third kappa shape index (κ3) is 3.24. The van der Waals surface area contributed by atoms with E-state index in [0.717, 1.165) is 5.82 Å². The monoisotopic (exact) mass is 241 g/mol. The van der Waals surface area contributed by atoms with Gasteiger partial charge in [-0.05, 0) is 18.9 Å². The van der Waals surface area contributed by atoms with Crippen LogP contribution in [-0.4, -0.2) is 35.9 Å². The van der Waals surface area contributed by atoms with Crippen LogP contribution in [0.15, 0.2) is 18.5 Å². The van der Waals surface area contributed by atoms with Crippen molar-refractivity contribution in [3.8, 4) is 0 Å². The van der Waals surface area contributed by atoms with Gasteiger partial charge in [-0.3, -0.25) is 0 Å². The van der Waals surface area contributed by atoms with Crippen LogP contribution in [0.1, 0.15) is 18.7 Å². The van der Waals surface area contributed by atoms with Gasteiger partial charge in [0.15, 0.2) is 0 Å². The average molecular weight is 241 g/mol. The number of aromatic nitrogens is 2. The van der Waals surface area contributed by atoms with E-state index in [2.05, 4.69) is 15.3 Å². The first-order chi connectivity index (χ1) is 7.66. The Hall–Kier alpha value is -1.01. The normalized spacial score (nSPS) is 20.8. The summed E-state index contributed by atoms with van der Waals surface area (Å²) in [7, 11) is -2.77. The summed E-state index contributed by atoms with van der Waals surface area (Å²) in [5.74, 6) is 1.33. The van der Waals surface area contributed by atoms with Crippen molar-refractivity contribution in [1.29, 1.82) is 0 Å². The maximum atomic E-state index is 11.2. The van der Waals surface area contributed by atoms with Crippen LogP contribution in [0.25, 0.3) is 0 Å². The van der Waals surface area contributed by atoms with Crippen molar-refractivity contribution in [2.24, 2.45) is 0 Å². The molecule has 0 saturated carbocycles. The largest absolute Gasteiger partial charge is 0.307 e. The van der Waals surface area contributed by atoms with Gasteiger partial charge in [0.1, 0.15) is 15.7 Å². The fourth-order valence-corrected chi connectivity index (χ4v) is 3.24. The first-order valence-electron chi connectivity index (χ1n) is 5.35. The lowest BCUT2D eigenvalue weighted by molar-refractivity contribution is 0.457. The predicted molar refractivity (Wildman–Crippen MR) is 60.5 cm³/mol. The molecule has 16 heavy (non-hydrogen) atoms. The highest BCUT2D eigenvalue weighted by atomic mass is 32.2. The zero-order valence-electron chi connectivity index (χ0n) is 8.96. The second-order valence-corrected chi connectivity index (χ2v) is 6.28. The van der Waals surface area contributed by atoms with Gasteiger partial charge in [0.05, 0.1) is 18.1 Å². The van der Waals surface area contributed by atoms with Gasteiger partial charge in [-0.1, -0.05) is 0 Å². The predicted octanol–water partition coefficient (Wildman–Crippen LogP) is 0.143. The van der Waals surface area contributed by atoms with E-state index in [1.54, 1.807) is 18.5 Å². The maximum Gasteiger partial charge on any atom is 0.150 e. The van der Waals surface area contributed by atoms with E-state index in [9.17, 15) is 8.42 Å². The molecule has 1 fully saturated rings. The number of sulfone groups is 1. The zero-order chi connectivity index (χ0) is 11.4. The zero-order valence-corrected chi connectivity index (χ0v) is 9.78. The molecular formula is C10H15N3O2S. The molecule has 1 saturated heterocycles. The minimum Gasteiger partial charge on any atom is -0.307 e. The van der Waals surface area contributed by atoms with E-state index in [1.807, 2.05) is 0 Å². The van der Waals surface area contributed by atoms with Gasteiger partial charge in [0, 0.05) is 18.4 Å². The van der Waals surface area contributed by atoms with Crippen molar-refractivity contribution in [1.82, 2.24) is 15.3 Å². The van der Waals surface area contributed by atoms with Gasteiger partial charge >= 0.3 is 0 Å². The summed E-state index contributed by atoms with van der Waals surface area (Å²) < 4.78 is 22.4. The van der Waals surface area contributed by atoms with Crippen LogP contribution < -0.4 is 5.32 Å². The summed E-state index contributed by atoms with van der Waals surface area (Å²) in [4.78, 5) is 8.20. The second-order valence-electron chi connectivity index (χ2n) is 3.97. The first kappa shape index (κ1) is 11.5. The summed E-state index contributed by atoms with van der Waals surface area (Å²) in [6, 6.07) is 2.05. The van der Waals surface area contributed by atoms with Crippen molar-refractivity contribution >= 4 is 9.84 Å². The molecule has 0 unspecified atom stereocenters. The van der Waals surface area contributed by atoms with E-state index in [4.69, 9.17) is 0 Å². The van der Waals surface area contributed by atoms with Crippen LogP contribution in [0.3, 0.4) is 0 Å². The van der Waals surface area contributed by atoms with Crippen LogP contribution in [0.5, 0.6) is 0 Å². The second kappa shape index (κ2) is 4.88. The Morgan fingerprint density at radius 3 is 2.50 bits per heavy atom. The quantitative estimate of drug-likeness (QED) is 0.815. The smallest absolute Gasteiger partial charge is 0.150 e. The molecule has 1 N–H and O–H groups in total. The highest BCUT2D eigenvalue weighted by Crippen LogP contribution is 2.12. The Bertz CT molecular complexity index is 419. The van der Waals surface area contributed by atoms with Crippen molar-refractivity contribution in [3.63, 3.8) is 0 Å². The van der Waals surface area contributed by atoms with Crippen molar-refractivity contribution in [2.45, 2.75) is 25.4 Å². The first-order valence-corrected chi connectivity index (χ1v) is 7.17. The molecule has 0 amide bonds. The maximum absolute atomic E-state index is 11.2. The van der Waals surface area contributed by atoms with E-state index in [0.29, 0.717) is 30.9 Å². The van der Waals surface area contributed by atoms with Gasteiger partial charge in [0.2, 0.25) is 0 Å². The van der Waals surface area contributed by atoms with Crippen LogP contribution in [-0.2, 0) is 16.4 Å². The topological polar surface area (TPSA) is 72.0 Å². The molecule has 1 aliphatic heterocycles. The standard InChI is InChI=1S/C10H15N3O2S/c14-16(15)6-2-9(3-7-16)13-8-10-11-4-1-5-12-10/h1,4-5,9,13H,2-3,6-8H2. The Balaban J connectivity index is 1.80. The third-order valence-electron chi connectivity index (χ3n) is 2.72. The summed E-state index contributed by atoms with van der Waals surface area (Å²) in [6.45, 7) is 0.603. The number of nitrogens with zero attached hydrogens (tertiary/aromatic N) is 2. The van der Waals surface area contributed by atoms with Crippen LogP contribution in [0, 0.1) is 0 Å². The highest BCUT2D eigenvalue weighted by Gasteiger charge is 2.22. The summed E-state index contributed by atoms with van der Waals surface area (Å²) in [5.41, 5.74) is 0. The summed E-state index contributed by atoms with van der Waals surface area (Å²) in [6.07, 6.45) is 4.79. The summed E-state index contributed by atoms with van der Waals surface area (Å²) in [5, 5.41) is 3.29. The van der Waals surface area contributed by atoms with E-state index in [-0.39, 0.29) is 6.04 Å². The Kier molecular flexibility index (Phi) is 3.50. The molecule has 88 valence electrons. The molecular weight excluding hydrogens is 226 g/mol. The lowest BCUT2D eigenvalue weighted by atomic mass is 10.1. The number of rotatable bonds is 3. The minimum absolute atomic E-state index is 0.271. The van der Waals surface area contributed by atoms with E-state index < -0.39 is 9.84 Å². The molecule has 1 aromatic heterocycles. The van der Waals surface area contributed by atoms with Crippen molar-refractivity contribution in [3.05, 3.63) is 24.3 Å². The fourth-order valence-electron chi connectivity index (χ4n) is 1.75.